The summed E-state index contributed by atoms with van der Waals surface area (Å²) < 4.78 is 25.2. The van der Waals surface area contributed by atoms with Gasteiger partial charge in [-0.3, -0.25) is 4.57 Å². The number of imidazole rings is 1. The minimum atomic E-state index is -0.525. The normalized spacial score (nSPS) is 10.4. The summed E-state index contributed by atoms with van der Waals surface area (Å²) in [5, 5.41) is 0. The molecule has 3 rings (SSSR count). The largest absolute Gasteiger partial charge is 0.496 e. The number of para-hydroxylation sites is 1. The van der Waals surface area contributed by atoms with E-state index < -0.39 is 5.97 Å². The van der Waals surface area contributed by atoms with Crippen molar-refractivity contribution in [3.8, 4) is 11.4 Å². The van der Waals surface area contributed by atoms with Gasteiger partial charge in [-0.2, -0.15) is 0 Å². The second-order valence-corrected chi connectivity index (χ2v) is 5.01. The second-order valence-electron chi connectivity index (χ2n) is 5.01. The van der Waals surface area contributed by atoms with E-state index >= 15 is 0 Å². The molecule has 0 fully saturated rings. The van der Waals surface area contributed by atoms with Gasteiger partial charge in [0.15, 0.2) is 5.69 Å². The van der Waals surface area contributed by atoms with Gasteiger partial charge in [-0.25, -0.2) is 14.2 Å². The van der Waals surface area contributed by atoms with Crippen LogP contribution in [0, 0.1) is 5.82 Å². The second kappa shape index (κ2) is 6.95. The van der Waals surface area contributed by atoms with Gasteiger partial charge < -0.3 is 9.47 Å². The van der Waals surface area contributed by atoms with Crippen LogP contribution in [0.2, 0.25) is 0 Å². The lowest BCUT2D eigenvalue weighted by Crippen LogP contribution is -2.11. The van der Waals surface area contributed by atoms with Crippen LogP contribution < -0.4 is 4.74 Å². The third kappa shape index (κ3) is 3.27. The third-order valence-corrected chi connectivity index (χ3v) is 3.50. The Morgan fingerprint density at radius 1 is 1.17 bits per heavy atom. The standard InChI is InChI=1S/C18H15FN2O3/c1-23-17-5-3-2-4-13(17)11-24-18(22)16-10-20-12-21(16)15-8-6-14(19)7-9-15/h2-10,12H,11H2,1H3. The zero-order valence-corrected chi connectivity index (χ0v) is 13.0. The van der Waals surface area contributed by atoms with Crippen LogP contribution in [-0.2, 0) is 11.3 Å². The molecule has 0 saturated carbocycles. The molecule has 0 N–H and O–H groups in total. The number of rotatable bonds is 5. The number of ether oxygens (including phenoxy) is 2. The molecule has 0 spiro atoms. The fourth-order valence-corrected chi connectivity index (χ4v) is 2.29. The maximum absolute atomic E-state index is 13.0. The van der Waals surface area contributed by atoms with Gasteiger partial charge in [0.05, 0.1) is 19.6 Å². The molecule has 0 bridgehead atoms. The lowest BCUT2D eigenvalue weighted by atomic mass is 10.2. The van der Waals surface area contributed by atoms with E-state index in [4.69, 9.17) is 9.47 Å². The number of hydrogen-bond donors (Lipinski definition) is 0. The zero-order chi connectivity index (χ0) is 16.9. The zero-order valence-electron chi connectivity index (χ0n) is 13.0. The maximum Gasteiger partial charge on any atom is 0.357 e. The predicted octanol–water partition coefficient (Wildman–Crippen LogP) is 3.38. The molecule has 0 aliphatic carbocycles. The highest BCUT2D eigenvalue weighted by Crippen LogP contribution is 2.19. The molecule has 0 saturated heterocycles. The highest BCUT2D eigenvalue weighted by Gasteiger charge is 2.15. The molecule has 0 aliphatic heterocycles. The van der Waals surface area contributed by atoms with E-state index in [2.05, 4.69) is 4.98 Å². The summed E-state index contributed by atoms with van der Waals surface area (Å²) in [5.41, 5.74) is 1.65. The van der Waals surface area contributed by atoms with Gasteiger partial charge in [-0.15, -0.1) is 0 Å². The van der Waals surface area contributed by atoms with Crippen molar-refractivity contribution in [1.29, 1.82) is 0 Å². The molecule has 122 valence electrons. The number of benzene rings is 2. The Hall–Kier alpha value is -3.15. The van der Waals surface area contributed by atoms with Crippen molar-refractivity contribution in [1.82, 2.24) is 9.55 Å². The first-order valence-corrected chi connectivity index (χ1v) is 7.26. The van der Waals surface area contributed by atoms with Gasteiger partial charge in [0.2, 0.25) is 0 Å². The van der Waals surface area contributed by atoms with Gasteiger partial charge in [0, 0.05) is 11.3 Å². The minimum Gasteiger partial charge on any atom is -0.496 e. The lowest BCUT2D eigenvalue weighted by Gasteiger charge is -2.10. The molecule has 0 atom stereocenters. The molecule has 0 aliphatic rings. The van der Waals surface area contributed by atoms with Crippen LogP contribution in [0.25, 0.3) is 5.69 Å². The minimum absolute atomic E-state index is 0.0808. The van der Waals surface area contributed by atoms with Crippen LogP contribution in [0.1, 0.15) is 16.1 Å². The summed E-state index contributed by atoms with van der Waals surface area (Å²) in [6.45, 7) is 0.0808. The molecular weight excluding hydrogens is 311 g/mol. The molecule has 0 unspecified atom stereocenters. The number of carbonyl (C=O) groups excluding carboxylic acids is 1. The topological polar surface area (TPSA) is 53.4 Å². The fraction of sp³-hybridized carbons (Fsp3) is 0.111. The Bertz CT molecular complexity index is 843. The van der Waals surface area contributed by atoms with Crippen LogP contribution in [0.15, 0.2) is 61.1 Å². The van der Waals surface area contributed by atoms with Crippen molar-refractivity contribution < 1.29 is 18.7 Å². The van der Waals surface area contributed by atoms with Crippen LogP contribution >= 0.6 is 0 Å². The smallest absolute Gasteiger partial charge is 0.357 e. The number of esters is 1. The number of hydrogen-bond acceptors (Lipinski definition) is 4. The Morgan fingerprint density at radius 2 is 1.92 bits per heavy atom. The maximum atomic E-state index is 13.0. The number of halogens is 1. The molecular formula is C18H15FN2O3. The van der Waals surface area contributed by atoms with Gasteiger partial charge >= 0.3 is 5.97 Å². The molecule has 2 aromatic carbocycles. The molecule has 24 heavy (non-hydrogen) atoms. The highest BCUT2D eigenvalue weighted by molar-refractivity contribution is 5.88. The van der Waals surface area contributed by atoms with E-state index in [-0.39, 0.29) is 18.1 Å². The molecule has 5 nitrogen and oxygen atoms in total. The SMILES string of the molecule is COc1ccccc1COC(=O)c1cncn1-c1ccc(F)cc1. The quantitative estimate of drug-likeness (QED) is 0.675. The number of carbonyl (C=O) groups is 1. The lowest BCUT2D eigenvalue weighted by molar-refractivity contribution is 0.0460. The van der Waals surface area contributed by atoms with Gasteiger partial charge in [0.25, 0.3) is 0 Å². The van der Waals surface area contributed by atoms with E-state index in [9.17, 15) is 9.18 Å². The van der Waals surface area contributed by atoms with Gasteiger partial charge in [-0.05, 0) is 30.3 Å². The Balaban J connectivity index is 1.77. The summed E-state index contributed by atoms with van der Waals surface area (Å²) in [6, 6.07) is 13.1. The first-order valence-electron chi connectivity index (χ1n) is 7.26. The van der Waals surface area contributed by atoms with Crippen molar-refractivity contribution in [2.75, 3.05) is 7.11 Å². The van der Waals surface area contributed by atoms with E-state index in [1.165, 1.54) is 24.7 Å². The summed E-state index contributed by atoms with van der Waals surface area (Å²) in [6.07, 6.45) is 2.89. The molecule has 1 heterocycles. The summed E-state index contributed by atoms with van der Waals surface area (Å²) in [7, 11) is 1.56. The van der Waals surface area contributed by atoms with Crippen molar-refractivity contribution in [3.63, 3.8) is 0 Å². The highest BCUT2D eigenvalue weighted by atomic mass is 19.1. The molecule has 3 aromatic rings. The Labute approximate surface area is 138 Å². The summed E-state index contributed by atoms with van der Waals surface area (Å²) in [5.74, 6) is -0.223. The first kappa shape index (κ1) is 15.7. The van der Waals surface area contributed by atoms with E-state index in [0.717, 1.165) is 5.56 Å². The first-order chi connectivity index (χ1) is 11.7. The summed E-state index contributed by atoms with van der Waals surface area (Å²) >= 11 is 0. The summed E-state index contributed by atoms with van der Waals surface area (Å²) in [4.78, 5) is 16.3. The number of aromatic nitrogens is 2. The third-order valence-electron chi connectivity index (χ3n) is 3.50. The Kier molecular flexibility index (Phi) is 4.56. The van der Waals surface area contributed by atoms with Crippen LogP contribution in [0.4, 0.5) is 4.39 Å². The molecule has 0 amide bonds. The van der Waals surface area contributed by atoms with Crippen LogP contribution in [-0.4, -0.2) is 22.6 Å². The average Bonchev–Trinajstić information content (AvgIpc) is 3.10. The number of methoxy groups -OCH3 is 1. The fourth-order valence-electron chi connectivity index (χ4n) is 2.29. The van der Waals surface area contributed by atoms with Crippen LogP contribution in [0.5, 0.6) is 5.75 Å². The predicted molar refractivity (Wildman–Crippen MR) is 85.6 cm³/mol. The van der Waals surface area contributed by atoms with Crippen molar-refractivity contribution >= 4 is 5.97 Å². The van der Waals surface area contributed by atoms with Gasteiger partial charge in [0.1, 0.15) is 18.2 Å². The Morgan fingerprint density at radius 3 is 2.67 bits per heavy atom. The molecule has 1 aromatic heterocycles. The van der Waals surface area contributed by atoms with Crippen LogP contribution in [0.3, 0.4) is 0 Å². The number of nitrogens with zero attached hydrogens (tertiary/aromatic N) is 2. The van der Waals surface area contributed by atoms with E-state index in [0.29, 0.717) is 11.4 Å². The van der Waals surface area contributed by atoms with Gasteiger partial charge in [-0.1, -0.05) is 18.2 Å². The van der Waals surface area contributed by atoms with Crippen molar-refractivity contribution in [3.05, 3.63) is 78.1 Å². The molecule has 6 heteroatoms. The molecule has 0 radical (unpaired) electrons. The monoisotopic (exact) mass is 326 g/mol. The average molecular weight is 326 g/mol. The van der Waals surface area contributed by atoms with E-state index in [1.54, 1.807) is 29.9 Å². The van der Waals surface area contributed by atoms with E-state index in [1.807, 2.05) is 18.2 Å². The van der Waals surface area contributed by atoms with Crippen molar-refractivity contribution in [2.45, 2.75) is 6.61 Å². The van der Waals surface area contributed by atoms with Crippen molar-refractivity contribution in [2.24, 2.45) is 0 Å².